The Labute approximate surface area is 116 Å². The van der Waals surface area contributed by atoms with Crippen molar-refractivity contribution in [3.05, 3.63) is 63.1 Å². The van der Waals surface area contributed by atoms with Crippen molar-refractivity contribution in [2.75, 3.05) is 0 Å². The normalized spacial score (nSPS) is 12.8. The Hall–Kier alpha value is -1.34. The van der Waals surface area contributed by atoms with E-state index in [4.69, 9.17) is 0 Å². The summed E-state index contributed by atoms with van der Waals surface area (Å²) in [6, 6.07) is 11.1. The topological polar surface area (TPSA) is 0 Å². The van der Waals surface area contributed by atoms with Crippen LogP contribution in [0.2, 0.25) is 0 Å². The molecule has 0 fully saturated rings. The zero-order chi connectivity index (χ0) is 12.7. The maximum absolute atomic E-state index is 3.71. The smallest absolute Gasteiger partial charge is 0.0246 e. The molecule has 0 aromatic heterocycles. The highest BCUT2D eigenvalue weighted by molar-refractivity contribution is 9.10. The van der Waals surface area contributed by atoms with Crippen LogP contribution >= 0.6 is 15.9 Å². The number of hydrogen-bond donors (Lipinski definition) is 0. The van der Waals surface area contributed by atoms with Gasteiger partial charge in [0, 0.05) is 4.47 Å². The Morgan fingerprint density at radius 3 is 2.50 bits per heavy atom. The first-order chi connectivity index (χ1) is 8.66. The van der Waals surface area contributed by atoms with E-state index in [1.54, 1.807) is 0 Å². The van der Waals surface area contributed by atoms with Crippen LogP contribution in [0.5, 0.6) is 0 Å². The van der Waals surface area contributed by atoms with Crippen molar-refractivity contribution in [1.82, 2.24) is 0 Å². The van der Waals surface area contributed by atoms with Crippen molar-refractivity contribution < 1.29 is 0 Å². The highest BCUT2D eigenvalue weighted by Crippen LogP contribution is 2.37. The molecule has 3 rings (SSSR count). The number of aryl methyl sites for hydroxylation is 2. The van der Waals surface area contributed by atoms with E-state index in [0.29, 0.717) is 0 Å². The molecule has 0 N–H and O–H groups in total. The van der Waals surface area contributed by atoms with E-state index in [-0.39, 0.29) is 0 Å². The Kier molecular flexibility index (Phi) is 2.87. The quantitative estimate of drug-likeness (QED) is 0.670. The maximum Gasteiger partial charge on any atom is 0.0246 e. The number of benzene rings is 2. The second kappa shape index (κ2) is 4.40. The highest BCUT2D eigenvalue weighted by Gasteiger charge is 2.16. The molecule has 2 aromatic carbocycles. The van der Waals surface area contributed by atoms with Crippen molar-refractivity contribution in [2.24, 2.45) is 0 Å². The van der Waals surface area contributed by atoms with Crippen LogP contribution in [0.15, 0.2) is 40.9 Å². The summed E-state index contributed by atoms with van der Waals surface area (Å²) in [5.74, 6) is 0. The first-order valence-electron chi connectivity index (χ1n) is 6.22. The van der Waals surface area contributed by atoms with Gasteiger partial charge in [0.2, 0.25) is 0 Å². The summed E-state index contributed by atoms with van der Waals surface area (Å²) in [5, 5.41) is 0. The van der Waals surface area contributed by atoms with E-state index in [1.165, 1.54) is 37.9 Å². The maximum atomic E-state index is 3.71. The SMILES string of the molecule is Cc1ccc(-c2cc(C)c(Br)c3c2C=CC3)cc1. The van der Waals surface area contributed by atoms with Crippen LogP contribution in [0.1, 0.15) is 22.3 Å². The molecule has 0 amide bonds. The van der Waals surface area contributed by atoms with Gasteiger partial charge < -0.3 is 0 Å². The van der Waals surface area contributed by atoms with Gasteiger partial charge in [-0.05, 0) is 54.2 Å². The van der Waals surface area contributed by atoms with E-state index in [9.17, 15) is 0 Å². The van der Waals surface area contributed by atoms with E-state index < -0.39 is 0 Å². The summed E-state index contributed by atoms with van der Waals surface area (Å²) in [5.41, 5.74) is 8.06. The molecular formula is C17H15Br. The molecule has 18 heavy (non-hydrogen) atoms. The number of hydrogen-bond acceptors (Lipinski definition) is 0. The third-order valence-electron chi connectivity index (χ3n) is 3.56. The first kappa shape index (κ1) is 11.7. The molecule has 0 saturated heterocycles. The minimum absolute atomic E-state index is 1.04. The monoisotopic (exact) mass is 298 g/mol. The summed E-state index contributed by atoms with van der Waals surface area (Å²) in [6.07, 6.45) is 5.53. The average molecular weight is 299 g/mol. The Balaban J connectivity index is 2.24. The van der Waals surface area contributed by atoms with Crippen LogP contribution in [0.4, 0.5) is 0 Å². The van der Waals surface area contributed by atoms with Crippen LogP contribution in [-0.2, 0) is 6.42 Å². The van der Waals surface area contributed by atoms with E-state index in [0.717, 1.165) is 6.42 Å². The van der Waals surface area contributed by atoms with E-state index in [2.05, 4.69) is 72.3 Å². The van der Waals surface area contributed by atoms with Gasteiger partial charge in [0.05, 0.1) is 0 Å². The average Bonchev–Trinajstić information content (AvgIpc) is 2.84. The highest BCUT2D eigenvalue weighted by atomic mass is 79.9. The molecule has 0 heterocycles. The van der Waals surface area contributed by atoms with Gasteiger partial charge in [-0.15, -0.1) is 0 Å². The summed E-state index contributed by atoms with van der Waals surface area (Å²) in [7, 11) is 0. The van der Waals surface area contributed by atoms with Crippen molar-refractivity contribution in [2.45, 2.75) is 20.3 Å². The number of halogens is 1. The second-order valence-corrected chi connectivity index (χ2v) is 5.71. The lowest BCUT2D eigenvalue weighted by molar-refractivity contribution is 1.25. The number of rotatable bonds is 1. The third kappa shape index (κ3) is 1.83. The summed E-state index contributed by atoms with van der Waals surface area (Å²) >= 11 is 3.71. The lowest BCUT2D eigenvalue weighted by atomic mass is 9.94. The molecular weight excluding hydrogens is 284 g/mol. The molecule has 1 aliphatic carbocycles. The Morgan fingerprint density at radius 2 is 1.78 bits per heavy atom. The molecule has 0 nitrogen and oxygen atoms in total. The lowest BCUT2D eigenvalue weighted by Crippen LogP contribution is -1.92. The van der Waals surface area contributed by atoms with Gasteiger partial charge >= 0.3 is 0 Å². The predicted octanol–water partition coefficient (Wildman–Crippen LogP) is 5.30. The molecule has 2 aromatic rings. The molecule has 0 spiro atoms. The van der Waals surface area contributed by atoms with Crippen LogP contribution in [-0.4, -0.2) is 0 Å². The Bertz CT molecular complexity index is 634. The van der Waals surface area contributed by atoms with Crippen LogP contribution in [0.3, 0.4) is 0 Å². The summed E-state index contributed by atoms with van der Waals surface area (Å²) in [6.45, 7) is 4.29. The zero-order valence-corrected chi connectivity index (χ0v) is 12.2. The largest absolute Gasteiger partial charge is 0.0794 e. The van der Waals surface area contributed by atoms with Gasteiger partial charge in [0.15, 0.2) is 0 Å². The summed E-state index contributed by atoms with van der Waals surface area (Å²) in [4.78, 5) is 0. The molecule has 1 aliphatic rings. The molecule has 0 unspecified atom stereocenters. The fourth-order valence-electron chi connectivity index (χ4n) is 2.53. The lowest BCUT2D eigenvalue weighted by Gasteiger charge is -2.13. The number of allylic oxidation sites excluding steroid dienone is 1. The molecule has 0 radical (unpaired) electrons. The van der Waals surface area contributed by atoms with Gasteiger partial charge in [0.25, 0.3) is 0 Å². The van der Waals surface area contributed by atoms with Crippen molar-refractivity contribution >= 4 is 22.0 Å². The zero-order valence-electron chi connectivity index (χ0n) is 10.6. The molecule has 90 valence electrons. The minimum atomic E-state index is 1.04. The molecule has 0 saturated carbocycles. The van der Waals surface area contributed by atoms with E-state index in [1.807, 2.05) is 0 Å². The fraction of sp³-hybridized carbons (Fsp3) is 0.176. The molecule has 0 atom stereocenters. The van der Waals surface area contributed by atoms with Crippen LogP contribution < -0.4 is 0 Å². The third-order valence-corrected chi connectivity index (χ3v) is 4.66. The van der Waals surface area contributed by atoms with Gasteiger partial charge in [0.1, 0.15) is 0 Å². The predicted molar refractivity (Wildman–Crippen MR) is 81.8 cm³/mol. The van der Waals surface area contributed by atoms with Gasteiger partial charge in [-0.3, -0.25) is 0 Å². The number of fused-ring (bicyclic) bond motifs is 1. The van der Waals surface area contributed by atoms with Crippen molar-refractivity contribution in [1.29, 1.82) is 0 Å². The molecule has 0 aliphatic heterocycles. The molecule has 1 heteroatoms. The van der Waals surface area contributed by atoms with Crippen LogP contribution in [0.25, 0.3) is 17.2 Å². The van der Waals surface area contributed by atoms with Crippen molar-refractivity contribution in [3.63, 3.8) is 0 Å². The standard InChI is InChI=1S/C17H15Br/c1-11-6-8-13(9-7-11)16-10-12(2)17(18)15-5-3-4-14(15)16/h3-4,6-10H,5H2,1-2H3. The second-order valence-electron chi connectivity index (χ2n) is 4.92. The summed E-state index contributed by atoms with van der Waals surface area (Å²) < 4.78 is 1.26. The van der Waals surface area contributed by atoms with Gasteiger partial charge in [-0.25, -0.2) is 0 Å². The van der Waals surface area contributed by atoms with E-state index >= 15 is 0 Å². The fourth-order valence-corrected chi connectivity index (χ4v) is 3.02. The van der Waals surface area contributed by atoms with Gasteiger partial charge in [-0.1, -0.05) is 57.9 Å². The minimum Gasteiger partial charge on any atom is -0.0794 e. The first-order valence-corrected chi connectivity index (χ1v) is 7.01. The molecule has 0 bridgehead atoms. The van der Waals surface area contributed by atoms with Gasteiger partial charge in [-0.2, -0.15) is 0 Å². The van der Waals surface area contributed by atoms with Crippen molar-refractivity contribution in [3.8, 4) is 11.1 Å². The Morgan fingerprint density at radius 1 is 1.06 bits per heavy atom. The van der Waals surface area contributed by atoms with Crippen LogP contribution in [0, 0.1) is 13.8 Å².